The second-order valence-corrected chi connectivity index (χ2v) is 9.69. The van der Waals surface area contributed by atoms with Crippen LogP contribution in [0.3, 0.4) is 0 Å². The average molecular weight is 539 g/mol. The number of rotatable bonds is 7. The van der Waals surface area contributed by atoms with Crippen LogP contribution in [0.4, 0.5) is 18.9 Å². The van der Waals surface area contributed by atoms with Gasteiger partial charge in [0.2, 0.25) is 5.91 Å². The summed E-state index contributed by atoms with van der Waals surface area (Å²) >= 11 is 1.19. The number of carbonyl (C=O) groups excluding carboxylic acids is 1. The lowest BCUT2D eigenvalue weighted by molar-refractivity contribution is -0.137. The van der Waals surface area contributed by atoms with E-state index in [1.807, 2.05) is 47.4 Å². The van der Waals surface area contributed by atoms with Crippen LogP contribution in [-0.2, 0) is 23.8 Å². The fourth-order valence-electron chi connectivity index (χ4n) is 4.29. The first kappa shape index (κ1) is 25.7. The zero-order valence-electron chi connectivity index (χ0n) is 20.4. The minimum absolute atomic E-state index is 0.0166. The molecular formula is C28H25F3N4O2S. The summed E-state index contributed by atoms with van der Waals surface area (Å²) in [5, 5.41) is 0.457. The Morgan fingerprint density at radius 2 is 1.63 bits per heavy atom. The highest BCUT2D eigenvalue weighted by Gasteiger charge is 2.31. The van der Waals surface area contributed by atoms with Gasteiger partial charge in [-0.25, -0.2) is 0 Å². The summed E-state index contributed by atoms with van der Waals surface area (Å²) in [5.41, 5.74) is 1.83. The Balaban J connectivity index is 1.11. The van der Waals surface area contributed by atoms with Crippen molar-refractivity contribution in [3.05, 3.63) is 101 Å². The Kier molecular flexibility index (Phi) is 7.59. The molecule has 5 rings (SSSR count). The van der Waals surface area contributed by atoms with E-state index in [1.54, 1.807) is 23.1 Å². The van der Waals surface area contributed by atoms with E-state index < -0.39 is 11.7 Å². The number of anilines is 1. The molecule has 1 saturated heterocycles. The highest BCUT2D eigenvalue weighted by Crippen LogP contribution is 2.32. The number of amides is 1. The number of aromatic nitrogens is 2. The predicted molar refractivity (Wildman–Crippen MR) is 140 cm³/mol. The fourth-order valence-corrected chi connectivity index (χ4v) is 4.85. The van der Waals surface area contributed by atoms with E-state index in [2.05, 4.69) is 9.36 Å². The van der Waals surface area contributed by atoms with E-state index in [-0.39, 0.29) is 12.3 Å². The van der Waals surface area contributed by atoms with Gasteiger partial charge in [0.15, 0.2) is 5.82 Å². The molecule has 1 amide bonds. The summed E-state index contributed by atoms with van der Waals surface area (Å²) in [6.45, 7) is 1.87. The van der Waals surface area contributed by atoms with Crippen LogP contribution in [-0.4, -0.2) is 46.3 Å². The highest BCUT2D eigenvalue weighted by molar-refractivity contribution is 7.07. The van der Waals surface area contributed by atoms with E-state index >= 15 is 0 Å². The van der Waals surface area contributed by atoms with Crippen LogP contribution < -0.4 is 9.64 Å². The van der Waals surface area contributed by atoms with Crippen molar-refractivity contribution in [2.45, 2.75) is 19.0 Å². The van der Waals surface area contributed by atoms with Gasteiger partial charge in [-0.15, -0.1) is 0 Å². The summed E-state index contributed by atoms with van der Waals surface area (Å²) in [6.07, 6.45) is -3.50. The summed E-state index contributed by atoms with van der Waals surface area (Å²) in [6, 6.07) is 22.6. The molecule has 3 aromatic carbocycles. The Morgan fingerprint density at radius 1 is 0.895 bits per heavy atom. The number of hydrogen-bond acceptors (Lipinski definition) is 6. The lowest BCUT2D eigenvalue weighted by Gasteiger charge is -2.36. The van der Waals surface area contributed by atoms with Gasteiger partial charge >= 0.3 is 6.18 Å². The summed E-state index contributed by atoms with van der Waals surface area (Å²) < 4.78 is 49.3. The molecule has 1 aromatic heterocycles. The lowest BCUT2D eigenvalue weighted by atomic mass is 10.1. The lowest BCUT2D eigenvalue weighted by Crippen LogP contribution is -2.49. The third-order valence-corrected chi connectivity index (χ3v) is 6.94. The molecule has 1 fully saturated rings. The Bertz CT molecular complexity index is 1370. The minimum atomic E-state index is -4.38. The van der Waals surface area contributed by atoms with Crippen molar-refractivity contribution in [1.29, 1.82) is 0 Å². The third-order valence-electron chi connectivity index (χ3n) is 6.31. The van der Waals surface area contributed by atoms with Crippen LogP contribution in [0.25, 0.3) is 0 Å². The van der Waals surface area contributed by atoms with Crippen molar-refractivity contribution in [2.75, 3.05) is 31.1 Å². The SMILES string of the molecule is O=C(Cc1ccc(Oc2nc(Cc3ccccc3)ns2)cc1)N1CCN(c2cccc(C(F)(F)F)c2)CC1. The summed E-state index contributed by atoms with van der Waals surface area (Å²) in [7, 11) is 0. The maximum atomic E-state index is 13.0. The van der Waals surface area contributed by atoms with E-state index in [0.717, 1.165) is 23.3 Å². The summed E-state index contributed by atoms with van der Waals surface area (Å²) in [4.78, 5) is 20.9. The Hall–Kier alpha value is -3.92. The zero-order valence-corrected chi connectivity index (χ0v) is 21.2. The molecule has 0 unspecified atom stereocenters. The molecule has 6 nitrogen and oxygen atoms in total. The second kappa shape index (κ2) is 11.2. The molecule has 196 valence electrons. The van der Waals surface area contributed by atoms with Crippen molar-refractivity contribution in [2.24, 2.45) is 0 Å². The number of carbonyl (C=O) groups is 1. The smallest absolute Gasteiger partial charge is 0.416 e. The zero-order chi connectivity index (χ0) is 26.5. The van der Waals surface area contributed by atoms with Gasteiger partial charge in [-0.05, 0) is 41.5 Å². The number of alkyl halides is 3. The van der Waals surface area contributed by atoms with Crippen LogP contribution in [0.15, 0.2) is 78.9 Å². The van der Waals surface area contributed by atoms with E-state index in [1.165, 1.54) is 17.6 Å². The molecule has 0 atom stereocenters. The van der Waals surface area contributed by atoms with Gasteiger partial charge in [-0.1, -0.05) is 48.5 Å². The molecule has 38 heavy (non-hydrogen) atoms. The van der Waals surface area contributed by atoms with Gasteiger partial charge < -0.3 is 14.5 Å². The van der Waals surface area contributed by atoms with E-state index in [4.69, 9.17) is 4.74 Å². The van der Waals surface area contributed by atoms with Gasteiger partial charge in [-0.2, -0.15) is 22.5 Å². The molecule has 0 radical (unpaired) electrons. The van der Waals surface area contributed by atoms with Crippen LogP contribution >= 0.6 is 11.5 Å². The molecule has 10 heteroatoms. The van der Waals surface area contributed by atoms with Crippen molar-refractivity contribution in [3.8, 4) is 10.9 Å². The van der Waals surface area contributed by atoms with Crippen molar-refractivity contribution >= 4 is 23.1 Å². The molecule has 1 aliphatic rings. The molecule has 0 spiro atoms. The normalized spacial score (nSPS) is 14.0. The van der Waals surface area contributed by atoms with Crippen molar-refractivity contribution < 1.29 is 22.7 Å². The number of nitrogens with zero attached hydrogens (tertiary/aromatic N) is 4. The number of halogens is 3. The Morgan fingerprint density at radius 3 is 2.34 bits per heavy atom. The van der Waals surface area contributed by atoms with Crippen molar-refractivity contribution in [3.63, 3.8) is 0 Å². The maximum Gasteiger partial charge on any atom is 0.416 e. The topological polar surface area (TPSA) is 58.6 Å². The molecule has 1 aliphatic heterocycles. The first-order valence-corrected chi connectivity index (χ1v) is 12.9. The van der Waals surface area contributed by atoms with Gasteiger partial charge in [0, 0.05) is 49.8 Å². The van der Waals surface area contributed by atoms with Gasteiger partial charge in [0.1, 0.15) is 5.75 Å². The van der Waals surface area contributed by atoms with Crippen LogP contribution in [0.2, 0.25) is 0 Å². The predicted octanol–water partition coefficient (Wildman–Crippen LogP) is 5.83. The van der Waals surface area contributed by atoms with Crippen LogP contribution in [0.1, 0.15) is 22.5 Å². The number of ether oxygens (including phenoxy) is 1. The molecule has 0 aliphatic carbocycles. The molecule has 2 heterocycles. The highest BCUT2D eigenvalue weighted by atomic mass is 32.1. The second-order valence-electron chi connectivity index (χ2n) is 8.98. The van der Waals surface area contributed by atoms with E-state index in [9.17, 15) is 18.0 Å². The first-order valence-electron chi connectivity index (χ1n) is 12.2. The molecule has 0 saturated carbocycles. The number of hydrogen-bond donors (Lipinski definition) is 0. The largest absolute Gasteiger partial charge is 0.430 e. The number of piperazine rings is 1. The van der Waals surface area contributed by atoms with Gasteiger partial charge in [0.25, 0.3) is 5.19 Å². The molecular weight excluding hydrogens is 513 g/mol. The quantitative estimate of drug-likeness (QED) is 0.296. The van der Waals surface area contributed by atoms with Crippen molar-refractivity contribution in [1.82, 2.24) is 14.3 Å². The van der Waals surface area contributed by atoms with Gasteiger partial charge in [0.05, 0.1) is 12.0 Å². The molecule has 0 bridgehead atoms. The standard InChI is InChI=1S/C28H25F3N4O2S/c29-28(30,31)22-7-4-8-23(19-22)34-13-15-35(16-14-34)26(36)18-21-9-11-24(12-10-21)37-27-32-25(33-38-27)17-20-5-2-1-3-6-20/h1-12,19H,13-18H2. The monoisotopic (exact) mass is 538 g/mol. The van der Waals surface area contributed by atoms with Crippen LogP contribution in [0, 0.1) is 0 Å². The fraction of sp³-hybridized carbons (Fsp3) is 0.250. The van der Waals surface area contributed by atoms with E-state index in [0.29, 0.717) is 55.1 Å². The summed E-state index contributed by atoms with van der Waals surface area (Å²) in [5.74, 6) is 1.29. The molecule has 4 aromatic rings. The first-order chi connectivity index (χ1) is 18.3. The number of benzene rings is 3. The average Bonchev–Trinajstić information content (AvgIpc) is 3.36. The molecule has 0 N–H and O–H groups in total. The van der Waals surface area contributed by atoms with Crippen LogP contribution in [0.5, 0.6) is 10.9 Å². The maximum absolute atomic E-state index is 13.0. The minimum Gasteiger partial charge on any atom is -0.430 e. The third kappa shape index (κ3) is 6.49. The van der Waals surface area contributed by atoms with Gasteiger partial charge in [-0.3, -0.25) is 4.79 Å². The Labute approximate surface area is 222 Å².